The molecule has 0 fully saturated rings. The fourth-order valence-electron chi connectivity index (χ4n) is 7.76. The van der Waals surface area contributed by atoms with Crippen LogP contribution in [0.2, 0.25) is 0 Å². The van der Waals surface area contributed by atoms with E-state index < -0.39 is 0 Å². The van der Waals surface area contributed by atoms with Gasteiger partial charge in [0.15, 0.2) is 0 Å². The number of benzene rings is 9. The second kappa shape index (κ2) is 13.4. The molecule has 9 aromatic carbocycles. The van der Waals surface area contributed by atoms with Gasteiger partial charge in [0.1, 0.15) is 11.2 Å². The van der Waals surface area contributed by atoms with E-state index in [1.807, 2.05) is 12.1 Å². The molecule has 1 heterocycles. The van der Waals surface area contributed by atoms with Gasteiger partial charge in [0, 0.05) is 27.8 Å². The number of anilines is 3. The van der Waals surface area contributed by atoms with Crippen molar-refractivity contribution in [2.75, 3.05) is 4.90 Å². The van der Waals surface area contributed by atoms with E-state index in [9.17, 15) is 0 Å². The SMILES string of the molecule is c1ccc(-c2ccc(N(c3ccc(-c4cccc(-c5ccc6ccccc6c5)c4)cc3)c3cccc(-c4cccc5oc6ccccc6c45)c3)cc2)cc1. The summed E-state index contributed by atoms with van der Waals surface area (Å²) in [6.07, 6.45) is 0. The van der Waals surface area contributed by atoms with Crippen LogP contribution in [0.3, 0.4) is 0 Å². The van der Waals surface area contributed by atoms with Crippen LogP contribution in [0.15, 0.2) is 217 Å². The topological polar surface area (TPSA) is 16.4 Å². The predicted molar refractivity (Wildman–Crippen MR) is 228 cm³/mol. The Kier molecular flexibility index (Phi) is 7.85. The first-order chi connectivity index (χ1) is 26.7. The second-order valence-corrected chi connectivity index (χ2v) is 13.8. The lowest BCUT2D eigenvalue weighted by molar-refractivity contribution is 0.669. The van der Waals surface area contributed by atoms with Crippen molar-refractivity contribution in [3.05, 3.63) is 212 Å². The average Bonchev–Trinajstić information content (AvgIpc) is 3.64. The monoisotopic (exact) mass is 689 g/mol. The number of hydrogen-bond acceptors (Lipinski definition) is 2. The van der Waals surface area contributed by atoms with E-state index in [0.717, 1.165) is 50.1 Å². The van der Waals surface area contributed by atoms with Crippen LogP contribution in [0.1, 0.15) is 0 Å². The predicted octanol–water partition coefficient (Wildman–Crippen LogP) is 14.9. The van der Waals surface area contributed by atoms with Crippen molar-refractivity contribution in [2.24, 2.45) is 0 Å². The minimum Gasteiger partial charge on any atom is -0.456 e. The highest BCUT2D eigenvalue weighted by Gasteiger charge is 2.17. The Morgan fingerprint density at radius 1 is 0.296 bits per heavy atom. The van der Waals surface area contributed by atoms with E-state index in [1.54, 1.807) is 0 Å². The highest BCUT2D eigenvalue weighted by molar-refractivity contribution is 6.12. The van der Waals surface area contributed by atoms with E-state index in [1.165, 1.54) is 44.2 Å². The lowest BCUT2D eigenvalue weighted by atomic mass is 9.97. The second-order valence-electron chi connectivity index (χ2n) is 13.8. The maximum absolute atomic E-state index is 6.27. The van der Waals surface area contributed by atoms with E-state index in [4.69, 9.17) is 4.42 Å². The van der Waals surface area contributed by atoms with Gasteiger partial charge in [0.05, 0.1) is 0 Å². The maximum Gasteiger partial charge on any atom is 0.136 e. The van der Waals surface area contributed by atoms with Crippen LogP contribution in [0, 0.1) is 0 Å². The third-order valence-electron chi connectivity index (χ3n) is 10.5. The Hall–Kier alpha value is -7.16. The summed E-state index contributed by atoms with van der Waals surface area (Å²) >= 11 is 0. The molecule has 0 aliphatic carbocycles. The van der Waals surface area contributed by atoms with Crippen LogP contribution in [-0.2, 0) is 0 Å². The number of para-hydroxylation sites is 1. The molecule has 54 heavy (non-hydrogen) atoms. The van der Waals surface area contributed by atoms with Gasteiger partial charge in [-0.1, -0.05) is 152 Å². The highest BCUT2D eigenvalue weighted by Crippen LogP contribution is 2.41. The first-order valence-electron chi connectivity index (χ1n) is 18.4. The summed E-state index contributed by atoms with van der Waals surface area (Å²) in [7, 11) is 0. The van der Waals surface area contributed by atoms with Gasteiger partial charge in [-0.3, -0.25) is 0 Å². The summed E-state index contributed by atoms with van der Waals surface area (Å²) in [6, 6.07) is 75.9. The number of rotatable bonds is 7. The Balaban J connectivity index is 1.05. The molecule has 1 aromatic heterocycles. The van der Waals surface area contributed by atoms with Crippen molar-refractivity contribution >= 4 is 49.8 Å². The zero-order valence-electron chi connectivity index (χ0n) is 29.6. The quantitative estimate of drug-likeness (QED) is 0.166. The van der Waals surface area contributed by atoms with Gasteiger partial charge in [-0.2, -0.15) is 0 Å². The average molecular weight is 690 g/mol. The molecule has 0 bridgehead atoms. The van der Waals surface area contributed by atoms with Crippen molar-refractivity contribution in [1.82, 2.24) is 0 Å². The summed E-state index contributed by atoms with van der Waals surface area (Å²) in [6.45, 7) is 0. The van der Waals surface area contributed by atoms with Crippen molar-refractivity contribution in [3.63, 3.8) is 0 Å². The molecule has 2 nitrogen and oxygen atoms in total. The summed E-state index contributed by atoms with van der Waals surface area (Å²) in [5, 5.41) is 4.77. The van der Waals surface area contributed by atoms with E-state index in [-0.39, 0.29) is 0 Å². The van der Waals surface area contributed by atoms with Crippen molar-refractivity contribution in [1.29, 1.82) is 0 Å². The molecule has 0 atom stereocenters. The molecule has 0 radical (unpaired) electrons. The highest BCUT2D eigenvalue weighted by atomic mass is 16.3. The number of nitrogens with zero attached hydrogens (tertiary/aromatic N) is 1. The Morgan fingerprint density at radius 2 is 0.833 bits per heavy atom. The van der Waals surface area contributed by atoms with Crippen LogP contribution in [-0.4, -0.2) is 0 Å². The number of furan rings is 1. The van der Waals surface area contributed by atoms with E-state index in [0.29, 0.717) is 0 Å². The zero-order chi connectivity index (χ0) is 35.8. The molecule has 10 rings (SSSR count). The molecule has 0 saturated heterocycles. The lowest BCUT2D eigenvalue weighted by Crippen LogP contribution is -2.10. The normalized spacial score (nSPS) is 11.3. The van der Waals surface area contributed by atoms with Crippen LogP contribution in [0.25, 0.3) is 77.2 Å². The molecule has 254 valence electrons. The third kappa shape index (κ3) is 5.81. The Morgan fingerprint density at radius 3 is 1.63 bits per heavy atom. The zero-order valence-corrected chi connectivity index (χ0v) is 29.6. The van der Waals surface area contributed by atoms with Crippen LogP contribution < -0.4 is 4.90 Å². The summed E-state index contributed by atoms with van der Waals surface area (Å²) in [5.41, 5.74) is 14.5. The molecular weight excluding hydrogens is 655 g/mol. The van der Waals surface area contributed by atoms with Gasteiger partial charge in [-0.15, -0.1) is 0 Å². The molecule has 0 aliphatic heterocycles. The van der Waals surface area contributed by atoms with Crippen LogP contribution in [0.4, 0.5) is 17.1 Å². The Labute approximate surface area is 314 Å². The van der Waals surface area contributed by atoms with Gasteiger partial charge in [-0.05, 0) is 116 Å². The maximum atomic E-state index is 6.27. The molecule has 10 aromatic rings. The summed E-state index contributed by atoms with van der Waals surface area (Å²) in [4.78, 5) is 2.35. The number of fused-ring (bicyclic) bond motifs is 4. The molecule has 0 spiro atoms. The standard InChI is InChI=1S/C52H35NO/c1-2-11-36(12-3-1)38-25-29-45(30-26-38)53(47-18-9-17-44(35-47)48-20-10-22-51-52(48)49-19-6-7-21-50(49)54-51)46-31-27-39(28-32-46)41-15-8-16-42(33-41)43-24-23-37-13-4-5-14-40(37)34-43/h1-35H. The van der Waals surface area contributed by atoms with Gasteiger partial charge in [0.2, 0.25) is 0 Å². The fourth-order valence-corrected chi connectivity index (χ4v) is 7.76. The molecule has 0 saturated carbocycles. The van der Waals surface area contributed by atoms with Crippen molar-refractivity contribution in [3.8, 4) is 44.5 Å². The first-order valence-corrected chi connectivity index (χ1v) is 18.4. The molecular formula is C52H35NO. The molecule has 2 heteroatoms. The number of hydrogen-bond donors (Lipinski definition) is 0. The van der Waals surface area contributed by atoms with Gasteiger partial charge in [-0.25, -0.2) is 0 Å². The minimum atomic E-state index is 0.896. The van der Waals surface area contributed by atoms with E-state index >= 15 is 0 Å². The van der Waals surface area contributed by atoms with Gasteiger partial charge < -0.3 is 9.32 Å². The lowest BCUT2D eigenvalue weighted by Gasteiger charge is -2.26. The first kappa shape index (κ1) is 31.6. The third-order valence-corrected chi connectivity index (χ3v) is 10.5. The van der Waals surface area contributed by atoms with Gasteiger partial charge >= 0.3 is 0 Å². The summed E-state index contributed by atoms with van der Waals surface area (Å²) < 4.78 is 6.27. The molecule has 0 amide bonds. The summed E-state index contributed by atoms with van der Waals surface area (Å²) in [5.74, 6) is 0. The molecule has 0 aliphatic rings. The fraction of sp³-hybridized carbons (Fsp3) is 0. The van der Waals surface area contributed by atoms with Crippen molar-refractivity contribution in [2.45, 2.75) is 0 Å². The largest absolute Gasteiger partial charge is 0.456 e. The minimum absolute atomic E-state index is 0.896. The van der Waals surface area contributed by atoms with E-state index in [2.05, 4.69) is 205 Å². The smallest absolute Gasteiger partial charge is 0.136 e. The van der Waals surface area contributed by atoms with Gasteiger partial charge in [0.25, 0.3) is 0 Å². The Bertz CT molecular complexity index is 2920. The van der Waals surface area contributed by atoms with Crippen molar-refractivity contribution < 1.29 is 4.42 Å². The molecule has 0 N–H and O–H groups in total. The van der Waals surface area contributed by atoms with Crippen LogP contribution in [0.5, 0.6) is 0 Å². The van der Waals surface area contributed by atoms with Crippen LogP contribution >= 0.6 is 0 Å². The molecule has 0 unspecified atom stereocenters.